The van der Waals surface area contributed by atoms with Crippen molar-refractivity contribution < 1.29 is 19.1 Å². The van der Waals surface area contributed by atoms with E-state index < -0.39 is 0 Å². The number of amides is 2. The molecule has 0 aliphatic carbocycles. The zero-order valence-electron chi connectivity index (χ0n) is 18.6. The summed E-state index contributed by atoms with van der Waals surface area (Å²) in [4.78, 5) is 27.4. The Labute approximate surface area is 207 Å². The first-order valence-electron chi connectivity index (χ1n) is 10.9. The summed E-state index contributed by atoms with van der Waals surface area (Å²) in [5.41, 5.74) is 1.67. The summed E-state index contributed by atoms with van der Waals surface area (Å²) in [6, 6.07) is 12.2. The molecule has 0 atom stereocenters. The van der Waals surface area contributed by atoms with E-state index in [0.29, 0.717) is 40.3 Å². The summed E-state index contributed by atoms with van der Waals surface area (Å²) in [6.07, 6.45) is 4.41. The number of hydrogen-bond donors (Lipinski definition) is 2. The number of likely N-dealkylation sites (tertiary alicyclic amines) is 1. The van der Waals surface area contributed by atoms with E-state index in [2.05, 4.69) is 26.6 Å². The van der Waals surface area contributed by atoms with Gasteiger partial charge in [0.25, 0.3) is 11.8 Å². The van der Waals surface area contributed by atoms with Crippen LogP contribution in [0.4, 0.5) is 5.69 Å². The second kappa shape index (κ2) is 12.7. The topological polar surface area (TPSA) is 79.9 Å². The van der Waals surface area contributed by atoms with Gasteiger partial charge in [-0.3, -0.25) is 14.9 Å². The molecule has 0 saturated carbocycles. The van der Waals surface area contributed by atoms with Gasteiger partial charge in [0.05, 0.1) is 11.1 Å². The van der Waals surface area contributed by atoms with Crippen LogP contribution < -0.4 is 15.4 Å². The number of halogens is 1. The lowest BCUT2D eigenvalue weighted by Crippen LogP contribution is -2.34. The lowest BCUT2D eigenvalue weighted by molar-refractivity contribution is 0.0761. The number of ether oxygens (including phenoxy) is 2. The maximum absolute atomic E-state index is 12.9. The minimum absolute atomic E-state index is 0.0214. The predicted molar refractivity (Wildman–Crippen MR) is 136 cm³/mol. The highest BCUT2D eigenvalue weighted by Gasteiger charge is 2.18. The molecule has 1 saturated heterocycles. The third-order valence-corrected chi connectivity index (χ3v) is 6.05. The zero-order chi connectivity index (χ0) is 23.6. The highest BCUT2D eigenvalue weighted by atomic mass is 79.9. The summed E-state index contributed by atoms with van der Waals surface area (Å²) in [5, 5.41) is 5.81. The molecule has 3 rings (SSSR count). The molecule has 176 valence electrons. The number of nitrogens with zero attached hydrogens (tertiary/aromatic N) is 1. The SMILES string of the molecule is COCCOc1ccc(C(=O)NC(=S)Nc2cccc(C(=O)N3CCCCCC3)c2)cc1Br. The molecule has 9 heteroatoms. The van der Waals surface area contributed by atoms with Crippen LogP contribution in [-0.2, 0) is 4.74 Å². The smallest absolute Gasteiger partial charge is 0.257 e. The van der Waals surface area contributed by atoms with Crippen molar-refractivity contribution in [3.8, 4) is 5.75 Å². The summed E-state index contributed by atoms with van der Waals surface area (Å²) in [5.74, 6) is 0.289. The van der Waals surface area contributed by atoms with Gasteiger partial charge in [-0.1, -0.05) is 18.9 Å². The second-order valence-electron chi connectivity index (χ2n) is 7.68. The lowest BCUT2D eigenvalue weighted by atomic mass is 10.1. The number of nitrogens with one attached hydrogen (secondary N) is 2. The monoisotopic (exact) mass is 533 g/mol. The molecule has 1 heterocycles. The zero-order valence-corrected chi connectivity index (χ0v) is 21.0. The van der Waals surface area contributed by atoms with Crippen molar-refractivity contribution in [2.75, 3.05) is 38.7 Å². The molecule has 2 N–H and O–H groups in total. The van der Waals surface area contributed by atoms with Gasteiger partial charge in [0.2, 0.25) is 0 Å². The van der Waals surface area contributed by atoms with Crippen molar-refractivity contribution in [3.63, 3.8) is 0 Å². The number of carbonyl (C=O) groups is 2. The van der Waals surface area contributed by atoms with E-state index >= 15 is 0 Å². The van der Waals surface area contributed by atoms with Crippen LogP contribution in [0.3, 0.4) is 0 Å². The summed E-state index contributed by atoms with van der Waals surface area (Å²) in [6.45, 7) is 2.46. The minimum Gasteiger partial charge on any atom is -0.490 e. The summed E-state index contributed by atoms with van der Waals surface area (Å²) in [7, 11) is 1.60. The molecular weight excluding hydrogens is 506 g/mol. The Bertz CT molecular complexity index is 993. The first-order chi connectivity index (χ1) is 16.0. The first-order valence-corrected chi connectivity index (χ1v) is 12.1. The van der Waals surface area contributed by atoms with Crippen molar-refractivity contribution in [3.05, 3.63) is 58.1 Å². The standard InChI is InChI=1S/C24H28BrN3O4S/c1-31-13-14-32-21-10-9-17(16-20(21)25)22(29)27-24(33)26-19-8-6-7-18(15-19)23(30)28-11-4-2-3-5-12-28/h6-10,15-16H,2-5,11-14H2,1H3,(H2,26,27,29,33). The molecule has 1 fully saturated rings. The number of hydrogen-bond acceptors (Lipinski definition) is 5. The van der Waals surface area contributed by atoms with Gasteiger partial charge in [0.15, 0.2) is 5.11 Å². The molecule has 0 aromatic heterocycles. The van der Waals surface area contributed by atoms with Crippen molar-refractivity contribution in [2.24, 2.45) is 0 Å². The van der Waals surface area contributed by atoms with E-state index in [-0.39, 0.29) is 16.9 Å². The number of carbonyl (C=O) groups excluding carboxylic acids is 2. The molecule has 0 spiro atoms. The Morgan fingerprint density at radius 1 is 1.03 bits per heavy atom. The molecule has 0 radical (unpaired) electrons. The lowest BCUT2D eigenvalue weighted by Gasteiger charge is -2.20. The van der Waals surface area contributed by atoms with E-state index in [9.17, 15) is 9.59 Å². The maximum Gasteiger partial charge on any atom is 0.257 e. The Morgan fingerprint density at radius 3 is 2.48 bits per heavy atom. The Kier molecular flexibility index (Phi) is 9.65. The van der Waals surface area contributed by atoms with Crippen molar-refractivity contribution >= 4 is 50.8 Å². The fourth-order valence-electron chi connectivity index (χ4n) is 3.52. The van der Waals surface area contributed by atoms with Crippen LogP contribution in [0.1, 0.15) is 46.4 Å². The number of thiocarbonyl (C=S) groups is 1. The van der Waals surface area contributed by atoms with Gasteiger partial charge >= 0.3 is 0 Å². The van der Waals surface area contributed by atoms with E-state index in [1.165, 1.54) is 12.8 Å². The Morgan fingerprint density at radius 2 is 1.79 bits per heavy atom. The van der Waals surface area contributed by atoms with Gasteiger partial charge in [-0.2, -0.15) is 0 Å². The van der Waals surface area contributed by atoms with E-state index in [1.807, 2.05) is 4.90 Å². The van der Waals surface area contributed by atoms with Gasteiger partial charge < -0.3 is 19.7 Å². The van der Waals surface area contributed by atoms with Crippen molar-refractivity contribution in [2.45, 2.75) is 25.7 Å². The molecular formula is C24H28BrN3O4S. The summed E-state index contributed by atoms with van der Waals surface area (Å²) < 4.78 is 11.2. The quantitative estimate of drug-likeness (QED) is 0.399. The molecule has 0 unspecified atom stereocenters. The predicted octanol–water partition coefficient (Wildman–Crippen LogP) is 4.62. The molecule has 0 bridgehead atoms. The van der Waals surface area contributed by atoms with Gasteiger partial charge in [-0.25, -0.2) is 0 Å². The minimum atomic E-state index is -0.353. The second-order valence-corrected chi connectivity index (χ2v) is 8.94. The van der Waals surface area contributed by atoms with Gasteiger partial charge in [0.1, 0.15) is 12.4 Å². The highest BCUT2D eigenvalue weighted by Crippen LogP contribution is 2.26. The molecule has 2 amide bonds. The van der Waals surface area contributed by atoms with Crippen LogP contribution in [0.2, 0.25) is 0 Å². The molecule has 1 aliphatic rings. The highest BCUT2D eigenvalue weighted by molar-refractivity contribution is 9.10. The maximum atomic E-state index is 12.9. The fraction of sp³-hybridized carbons (Fsp3) is 0.375. The van der Waals surface area contributed by atoms with E-state index in [4.69, 9.17) is 21.7 Å². The number of methoxy groups -OCH3 is 1. The van der Waals surface area contributed by atoms with Gasteiger partial charge in [0, 0.05) is 37.0 Å². The van der Waals surface area contributed by atoms with Crippen LogP contribution in [-0.4, -0.2) is 55.2 Å². The molecule has 33 heavy (non-hydrogen) atoms. The van der Waals surface area contributed by atoms with Crippen LogP contribution in [0.5, 0.6) is 5.75 Å². The van der Waals surface area contributed by atoms with Crippen LogP contribution in [0.15, 0.2) is 46.9 Å². The van der Waals surface area contributed by atoms with Crippen LogP contribution in [0, 0.1) is 0 Å². The third kappa shape index (κ3) is 7.52. The number of rotatable bonds is 7. The van der Waals surface area contributed by atoms with Gasteiger partial charge in [-0.05, 0) is 77.4 Å². The third-order valence-electron chi connectivity index (χ3n) is 5.23. The van der Waals surface area contributed by atoms with Gasteiger partial charge in [-0.15, -0.1) is 0 Å². The van der Waals surface area contributed by atoms with Crippen LogP contribution >= 0.6 is 28.1 Å². The van der Waals surface area contributed by atoms with Crippen molar-refractivity contribution in [1.82, 2.24) is 10.2 Å². The molecule has 2 aromatic rings. The number of benzene rings is 2. The Balaban J connectivity index is 1.58. The first kappa shape index (κ1) is 25.1. The average molecular weight is 534 g/mol. The molecule has 7 nitrogen and oxygen atoms in total. The Hall–Kier alpha value is -2.49. The van der Waals surface area contributed by atoms with Crippen molar-refractivity contribution in [1.29, 1.82) is 0 Å². The normalized spacial score (nSPS) is 13.7. The van der Waals surface area contributed by atoms with E-state index in [1.54, 1.807) is 49.6 Å². The summed E-state index contributed by atoms with van der Waals surface area (Å²) >= 11 is 8.72. The van der Waals surface area contributed by atoms with E-state index in [0.717, 1.165) is 25.9 Å². The average Bonchev–Trinajstić information content (AvgIpc) is 3.09. The molecule has 1 aliphatic heterocycles. The number of anilines is 1. The molecule has 2 aromatic carbocycles. The largest absolute Gasteiger partial charge is 0.490 e. The van der Waals surface area contributed by atoms with Crippen LogP contribution in [0.25, 0.3) is 0 Å². The fourth-order valence-corrected chi connectivity index (χ4v) is 4.22.